The van der Waals surface area contributed by atoms with E-state index >= 15 is 0 Å². The molecule has 0 aliphatic carbocycles. The molecular weight excluding hydrogens is 436 g/mol. The molecule has 2 N–H and O–H groups in total. The number of unbranched alkanes of at least 4 members (excludes halogenated alkanes) is 20. The summed E-state index contributed by atoms with van der Waals surface area (Å²) >= 11 is 0. The standard InChI is InChI=1S/C31H59O4/c1-3-5-7-9-11-13-15-17-19-21-23-25-29(33)27-31(35,28-32)30(34)26-24-22-20-18-16-14-12-10-8-6-4-2/h27,32,35H,3-26,28H2,1-2H3. The quantitative estimate of drug-likeness (QED) is 0.107. The lowest BCUT2D eigenvalue weighted by molar-refractivity contribution is -0.140. The van der Waals surface area contributed by atoms with Gasteiger partial charge in [-0.05, 0) is 12.8 Å². The zero-order valence-electron chi connectivity index (χ0n) is 23.5. The predicted molar refractivity (Wildman–Crippen MR) is 149 cm³/mol. The lowest BCUT2D eigenvalue weighted by atomic mass is 9.88. The third-order valence-electron chi connectivity index (χ3n) is 7.16. The molecule has 0 aromatic carbocycles. The Bertz CT molecular complexity index is 490. The van der Waals surface area contributed by atoms with Gasteiger partial charge in [0.15, 0.2) is 11.4 Å². The van der Waals surface area contributed by atoms with Crippen molar-refractivity contribution in [3.8, 4) is 0 Å². The molecule has 0 bridgehead atoms. The lowest BCUT2D eigenvalue weighted by Crippen LogP contribution is -2.45. The Balaban J connectivity index is 3.78. The molecule has 1 unspecified atom stereocenters. The highest BCUT2D eigenvalue weighted by molar-refractivity contribution is 5.99. The van der Waals surface area contributed by atoms with Crippen LogP contribution in [0.1, 0.15) is 168 Å². The second kappa shape index (κ2) is 24.9. The molecule has 0 amide bonds. The molecule has 1 radical (unpaired) electrons. The highest BCUT2D eigenvalue weighted by Gasteiger charge is 2.36. The molecular formula is C31H59O4. The van der Waals surface area contributed by atoms with Crippen LogP contribution in [0.3, 0.4) is 0 Å². The van der Waals surface area contributed by atoms with Crippen molar-refractivity contribution in [2.75, 3.05) is 6.61 Å². The molecule has 207 valence electrons. The molecule has 0 aliphatic rings. The Morgan fingerprint density at radius 1 is 0.543 bits per heavy atom. The van der Waals surface area contributed by atoms with E-state index in [1.165, 1.54) is 103 Å². The van der Waals surface area contributed by atoms with Gasteiger partial charge in [-0.25, -0.2) is 0 Å². The number of ketones is 2. The van der Waals surface area contributed by atoms with E-state index in [2.05, 4.69) is 13.8 Å². The van der Waals surface area contributed by atoms with E-state index in [9.17, 15) is 19.8 Å². The van der Waals surface area contributed by atoms with Gasteiger partial charge in [0.25, 0.3) is 0 Å². The molecule has 1 atom stereocenters. The third kappa shape index (κ3) is 21.1. The number of aliphatic hydroxyl groups is 2. The number of hydrogen-bond donors (Lipinski definition) is 2. The molecule has 0 fully saturated rings. The maximum atomic E-state index is 12.5. The molecule has 0 rings (SSSR count). The van der Waals surface area contributed by atoms with Crippen LogP contribution >= 0.6 is 0 Å². The fourth-order valence-corrected chi connectivity index (χ4v) is 4.68. The molecule has 0 saturated heterocycles. The van der Waals surface area contributed by atoms with Gasteiger partial charge in [-0.2, -0.15) is 0 Å². The molecule has 0 saturated carbocycles. The van der Waals surface area contributed by atoms with Crippen molar-refractivity contribution in [1.82, 2.24) is 0 Å². The summed E-state index contributed by atoms with van der Waals surface area (Å²) in [5.74, 6) is -0.659. The van der Waals surface area contributed by atoms with Gasteiger partial charge in [0.2, 0.25) is 0 Å². The van der Waals surface area contributed by atoms with Crippen molar-refractivity contribution in [3.05, 3.63) is 6.42 Å². The summed E-state index contributed by atoms with van der Waals surface area (Å²) < 4.78 is 0. The van der Waals surface area contributed by atoms with E-state index in [1.54, 1.807) is 0 Å². The van der Waals surface area contributed by atoms with Gasteiger partial charge in [0, 0.05) is 12.8 Å². The van der Waals surface area contributed by atoms with Crippen LogP contribution in [0.4, 0.5) is 0 Å². The van der Waals surface area contributed by atoms with E-state index in [0.29, 0.717) is 12.8 Å². The zero-order chi connectivity index (χ0) is 26.0. The van der Waals surface area contributed by atoms with E-state index in [-0.39, 0.29) is 12.2 Å². The van der Waals surface area contributed by atoms with Crippen LogP contribution in [-0.2, 0) is 9.59 Å². The fourth-order valence-electron chi connectivity index (χ4n) is 4.68. The first-order valence-corrected chi connectivity index (χ1v) is 15.3. The SMILES string of the molecule is CCCCCCCCCCCCCC(=O)[CH]C(O)(CO)C(=O)CCCCCCCCCCCCC. The monoisotopic (exact) mass is 495 g/mol. The molecule has 0 spiro atoms. The molecule has 4 nitrogen and oxygen atoms in total. The van der Waals surface area contributed by atoms with Crippen LogP contribution in [0, 0.1) is 6.42 Å². The van der Waals surface area contributed by atoms with Gasteiger partial charge in [0.1, 0.15) is 5.78 Å². The Kier molecular flexibility index (Phi) is 24.4. The van der Waals surface area contributed by atoms with Gasteiger partial charge < -0.3 is 10.2 Å². The lowest BCUT2D eigenvalue weighted by Gasteiger charge is -2.23. The number of Topliss-reactive ketones (excluding diaryl/α,β-unsaturated/α-hetero) is 2. The molecule has 35 heavy (non-hydrogen) atoms. The van der Waals surface area contributed by atoms with Crippen LogP contribution in [0.25, 0.3) is 0 Å². The van der Waals surface area contributed by atoms with Gasteiger partial charge in [-0.3, -0.25) is 9.59 Å². The van der Waals surface area contributed by atoms with E-state index in [0.717, 1.165) is 38.5 Å². The zero-order valence-corrected chi connectivity index (χ0v) is 23.5. The van der Waals surface area contributed by atoms with Crippen molar-refractivity contribution in [2.24, 2.45) is 0 Å². The van der Waals surface area contributed by atoms with Gasteiger partial charge in [0.05, 0.1) is 13.0 Å². The molecule has 0 aliphatic heterocycles. The second-order valence-corrected chi connectivity index (χ2v) is 10.7. The van der Waals surface area contributed by atoms with Crippen LogP contribution in [-0.4, -0.2) is 34.0 Å². The average Bonchev–Trinajstić information content (AvgIpc) is 2.85. The first-order valence-electron chi connectivity index (χ1n) is 15.3. The summed E-state index contributed by atoms with van der Waals surface area (Å²) in [5.41, 5.74) is -2.01. The summed E-state index contributed by atoms with van der Waals surface area (Å²) in [5, 5.41) is 20.1. The fraction of sp³-hybridized carbons (Fsp3) is 0.903. The topological polar surface area (TPSA) is 74.6 Å². The Morgan fingerprint density at radius 3 is 1.20 bits per heavy atom. The molecule has 0 aromatic heterocycles. The maximum absolute atomic E-state index is 12.5. The van der Waals surface area contributed by atoms with Gasteiger partial charge in [-0.15, -0.1) is 0 Å². The minimum absolute atomic E-state index is 0.219. The highest BCUT2D eigenvalue weighted by Crippen LogP contribution is 2.19. The third-order valence-corrected chi connectivity index (χ3v) is 7.16. The summed E-state index contributed by atoms with van der Waals surface area (Å²) in [4.78, 5) is 24.7. The van der Waals surface area contributed by atoms with Crippen molar-refractivity contribution >= 4 is 11.6 Å². The van der Waals surface area contributed by atoms with Crippen LogP contribution in [0.2, 0.25) is 0 Å². The second-order valence-electron chi connectivity index (χ2n) is 10.7. The van der Waals surface area contributed by atoms with Crippen molar-refractivity contribution in [2.45, 2.75) is 174 Å². The maximum Gasteiger partial charge on any atom is 0.167 e. The number of aliphatic hydroxyl groups excluding tert-OH is 1. The summed E-state index contributed by atoms with van der Waals surface area (Å²) in [7, 11) is 0. The van der Waals surface area contributed by atoms with Crippen molar-refractivity contribution in [1.29, 1.82) is 0 Å². The summed E-state index contributed by atoms with van der Waals surface area (Å²) in [6.07, 6.45) is 28.2. The number of hydrogen-bond acceptors (Lipinski definition) is 4. The summed E-state index contributed by atoms with van der Waals surface area (Å²) in [6, 6.07) is 0. The van der Waals surface area contributed by atoms with Crippen molar-refractivity contribution < 1.29 is 19.8 Å². The number of carbonyl (C=O) groups excluding carboxylic acids is 2. The highest BCUT2D eigenvalue weighted by atomic mass is 16.3. The van der Waals surface area contributed by atoms with E-state index < -0.39 is 18.0 Å². The Morgan fingerprint density at radius 2 is 0.857 bits per heavy atom. The number of rotatable bonds is 28. The van der Waals surface area contributed by atoms with E-state index in [1.807, 2.05) is 0 Å². The molecule has 0 heterocycles. The predicted octanol–water partition coefficient (Wildman–Crippen LogP) is 8.45. The molecule has 4 heteroatoms. The largest absolute Gasteiger partial charge is 0.393 e. The van der Waals surface area contributed by atoms with Gasteiger partial charge in [-0.1, -0.05) is 142 Å². The Labute approximate surface area is 218 Å². The first-order chi connectivity index (χ1) is 17.0. The van der Waals surface area contributed by atoms with Crippen molar-refractivity contribution in [3.63, 3.8) is 0 Å². The smallest absolute Gasteiger partial charge is 0.167 e. The minimum Gasteiger partial charge on any atom is -0.393 e. The van der Waals surface area contributed by atoms with Crippen LogP contribution < -0.4 is 0 Å². The Hall–Kier alpha value is -0.740. The molecule has 0 aromatic rings. The van der Waals surface area contributed by atoms with Crippen LogP contribution in [0.5, 0.6) is 0 Å². The number of carbonyl (C=O) groups is 2. The normalized spacial score (nSPS) is 13.1. The van der Waals surface area contributed by atoms with Gasteiger partial charge >= 0.3 is 0 Å². The first kappa shape index (κ1) is 34.3. The van der Waals surface area contributed by atoms with Crippen LogP contribution in [0.15, 0.2) is 0 Å². The minimum atomic E-state index is -2.01. The summed E-state index contributed by atoms with van der Waals surface area (Å²) in [6.45, 7) is 3.76. The van der Waals surface area contributed by atoms with E-state index in [4.69, 9.17) is 0 Å². The average molecular weight is 496 g/mol.